The lowest BCUT2D eigenvalue weighted by Gasteiger charge is -2.18. The lowest BCUT2D eigenvalue weighted by atomic mass is 10.0. The zero-order chi connectivity index (χ0) is 16.5. The number of halogens is 1. The van der Waals surface area contributed by atoms with E-state index in [-0.39, 0.29) is 0 Å². The van der Waals surface area contributed by atoms with E-state index < -0.39 is 0 Å². The van der Waals surface area contributed by atoms with Crippen molar-refractivity contribution in [3.63, 3.8) is 0 Å². The van der Waals surface area contributed by atoms with Crippen LogP contribution in [-0.4, -0.2) is 39.3 Å². The van der Waals surface area contributed by atoms with Crippen molar-refractivity contribution in [1.29, 1.82) is 0 Å². The molecule has 0 saturated heterocycles. The molecule has 1 fully saturated rings. The van der Waals surface area contributed by atoms with Crippen molar-refractivity contribution in [2.45, 2.75) is 32.6 Å². The van der Waals surface area contributed by atoms with Crippen LogP contribution in [0.1, 0.15) is 31.7 Å². The van der Waals surface area contributed by atoms with Gasteiger partial charge in [0, 0.05) is 38.4 Å². The molecule has 0 unspecified atom stereocenters. The Morgan fingerprint density at radius 1 is 1.35 bits per heavy atom. The number of nitrogens with zero attached hydrogens (tertiary/aromatic N) is 1. The van der Waals surface area contributed by atoms with Crippen LogP contribution in [-0.2, 0) is 11.2 Å². The van der Waals surface area contributed by atoms with Gasteiger partial charge in [-0.1, -0.05) is 23.7 Å². The van der Waals surface area contributed by atoms with Gasteiger partial charge >= 0.3 is 0 Å². The summed E-state index contributed by atoms with van der Waals surface area (Å²) in [5.41, 5.74) is 1.65. The highest BCUT2D eigenvalue weighted by molar-refractivity contribution is 6.30. The minimum absolute atomic E-state index is 0.416. The number of hydrogen-bond donors (Lipinski definition) is 2. The van der Waals surface area contributed by atoms with Gasteiger partial charge in [-0.05, 0) is 55.7 Å². The van der Waals surface area contributed by atoms with E-state index in [2.05, 4.69) is 21.7 Å². The molecule has 0 aliphatic heterocycles. The van der Waals surface area contributed by atoms with Crippen LogP contribution < -0.4 is 10.6 Å². The number of guanidine groups is 1. The Balaban J connectivity index is 1.67. The highest BCUT2D eigenvalue weighted by Crippen LogP contribution is 2.48. The largest absolute Gasteiger partial charge is 0.382 e. The highest BCUT2D eigenvalue weighted by Gasteiger charge is 2.41. The first-order valence-corrected chi connectivity index (χ1v) is 8.82. The van der Waals surface area contributed by atoms with Crippen LogP contribution in [0.25, 0.3) is 0 Å². The van der Waals surface area contributed by atoms with Crippen LogP contribution in [0.2, 0.25) is 5.02 Å². The van der Waals surface area contributed by atoms with E-state index in [9.17, 15) is 0 Å². The van der Waals surface area contributed by atoms with E-state index in [0.29, 0.717) is 5.41 Å². The van der Waals surface area contributed by atoms with Crippen molar-refractivity contribution in [3.05, 3.63) is 34.9 Å². The molecule has 1 aliphatic carbocycles. The van der Waals surface area contributed by atoms with Gasteiger partial charge in [0.25, 0.3) is 0 Å². The molecule has 1 aromatic carbocycles. The Bertz CT molecular complexity index is 515. The molecule has 4 nitrogen and oxygen atoms in total. The highest BCUT2D eigenvalue weighted by atomic mass is 35.5. The van der Waals surface area contributed by atoms with Crippen LogP contribution in [0.5, 0.6) is 0 Å². The average molecular weight is 338 g/mol. The molecule has 1 saturated carbocycles. The molecule has 5 heteroatoms. The second-order valence-corrected chi connectivity index (χ2v) is 6.62. The SMILES string of the molecule is CCOCCC1(CNC(=NC)NCCc2cccc(Cl)c2)CC1. The molecule has 0 atom stereocenters. The molecule has 0 spiro atoms. The molecule has 1 aromatic rings. The molecule has 128 valence electrons. The number of nitrogens with one attached hydrogen (secondary N) is 2. The second kappa shape index (κ2) is 9.14. The Labute approximate surface area is 144 Å². The predicted octanol–water partition coefficient (Wildman–Crippen LogP) is 3.25. The first-order valence-electron chi connectivity index (χ1n) is 8.44. The average Bonchev–Trinajstić information content (AvgIpc) is 3.31. The monoisotopic (exact) mass is 337 g/mol. The maximum atomic E-state index is 6.01. The number of aliphatic imine (C=N–C) groups is 1. The first-order chi connectivity index (χ1) is 11.2. The fourth-order valence-corrected chi connectivity index (χ4v) is 2.85. The minimum Gasteiger partial charge on any atom is -0.382 e. The molecular weight excluding hydrogens is 310 g/mol. The Kier molecular flexibility index (Phi) is 7.18. The van der Waals surface area contributed by atoms with Crippen LogP contribution in [0.15, 0.2) is 29.3 Å². The third-order valence-electron chi connectivity index (χ3n) is 4.39. The fraction of sp³-hybridized carbons (Fsp3) is 0.611. The maximum absolute atomic E-state index is 6.01. The maximum Gasteiger partial charge on any atom is 0.191 e. The number of hydrogen-bond acceptors (Lipinski definition) is 2. The van der Waals surface area contributed by atoms with Gasteiger partial charge in [0.15, 0.2) is 5.96 Å². The van der Waals surface area contributed by atoms with Gasteiger partial charge in [-0.25, -0.2) is 0 Å². The van der Waals surface area contributed by atoms with E-state index >= 15 is 0 Å². The van der Waals surface area contributed by atoms with E-state index in [0.717, 1.165) is 50.1 Å². The number of ether oxygens (including phenoxy) is 1. The van der Waals surface area contributed by atoms with Crippen molar-refractivity contribution in [1.82, 2.24) is 10.6 Å². The summed E-state index contributed by atoms with van der Waals surface area (Å²) in [5.74, 6) is 0.870. The summed E-state index contributed by atoms with van der Waals surface area (Å²) in [6, 6.07) is 7.99. The van der Waals surface area contributed by atoms with E-state index in [1.54, 1.807) is 0 Å². The van der Waals surface area contributed by atoms with Crippen molar-refractivity contribution < 1.29 is 4.74 Å². The third kappa shape index (κ3) is 6.40. The van der Waals surface area contributed by atoms with Gasteiger partial charge in [-0.3, -0.25) is 4.99 Å². The van der Waals surface area contributed by atoms with Crippen LogP contribution >= 0.6 is 11.6 Å². The zero-order valence-electron chi connectivity index (χ0n) is 14.2. The predicted molar refractivity (Wildman–Crippen MR) is 97.3 cm³/mol. The van der Waals surface area contributed by atoms with Crippen molar-refractivity contribution in [2.75, 3.05) is 33.4 Å². The van der Waals surface area contributed by atoms with Gasteiger partial charge < -0.3 is 15.4 Å². The Morgan fingerprint density at radius 2 is 2.17 bits per heavy atom. The quantitative estimate of drug-likeness (QED) is 0.413. The smallest absolute Gasteiger partial charge is 0.191 e. The van der Waals surface area contributed by atoms with E-state index in [4.69, 9.17) is 16.3 Å². The lowest BCUT2D eigenvalue weighted by molar-refractivity contribution is 0.128. The molecule has 0 bridgehead atoms. The van der Waals surface area contributed by atoms with Gasteiger partial charge in [-0.15, -0.1) is 0 Å². The summed E-state index contributed by atoms with van der Waals surface area (Å²) in [6.45, 7) is 5.52. The standard InChI is InChI=1S/C18H28ClN3O/c1-3-23-12-10-18(8-9-18)14-22-17(20-2)21-11-7-15-5-4-6-16(19)13-15/h4-6,13H,3,7-12,14H2,1-2H3,(H2,20,21,22). The zero-order valence-corrected chi connectivity index (χ0v) is 15.0. The summed E-state index contributed by atoms with van der Waals surface area (Å²) in [6.07, 6.45) is 4.63. The normalized spacial score (nSPS) is 16.2. The van der Waals surface area contributed by atoms with Crippen molar-refractivity contribution in [3.8, 4) is 0 Å². The molecule has 0 radical (unpaired) electrons. The summed E-state index contributed by atoms with van der Waals surface area (Å²) < 4.78 is 5.48. The number of benzene rings is 1. The first kappa shape index (κ1) is 18.1. The lowest BCUT2D eigenvalue weighted by Crippen LogP contribution is -2.41. The van der Waals surface area contributed by atoms with E-state index in [1.807, 2.05) is 32.2 Å². The van der Waals surface area contributed by atoms with Gasteiger partial charge in [0.05, 0.1) is 0 Å². The van der Waals surface area contributed by atoms with Crippen LogP contribution in [0, 0.1) is 5.41 Å². The summed E-state index contributed by atoms with van der Waals surface area (Å²) in [7, 11) is 1.81. The molecule has 23 heavy (non-hydrogen) atoms. The van der Waals surface area contributed by atoms with E-state index in [1.165, 1.54) is 18.4 Å². The molecule has 0 heterocycles. The minimum atomic E-state index is 0.416. The molecule has 1 aliphatic rings. The molecule has 2 rings (SSSR count). The van der Waals surface area contributed by atoms with Crippen molar-refractivity contribution >= 4 is 17.6 Å². The second-order valence-electron chi connectivity index (χ2n) is 6.18. The Morgan fingerprint density at radius 3 is 2.83 bits per heavy atom. The summed E-state index contributed by atoms with van der Waals surface area (Å²) in [5, 5.41) is 7.61. The molecule has 0 amide bonds. The van der Waals surface area contributed by atoms with Crippen LogP contribution in [0.3, 0.4) is 0 Å². The van der Waals surface area contributed by atoms with Crippen molar-refractivity contribution in [2.24, 2.45) is 10.4 Å². The Hall–Kier alpha value is -1.26. The van der Waals surface area contributed by atoms with Crippen LogP contribution in [0.4, 0.5) is 0 Å². The number of rotatable bonds is 9. The van der Waals surface area contributed by atoms with Gasteiger partial charge in [0.1, 0.15) is 0 Å². The molecular formula is C18H28ClN3O. The third-order valence-corrected chi connectivity index (χ3v) is 4.62. The summed E-state index contributed by atoms with van der Waals surface area (Å²) in [4.78, 5) is 4.30. The van der Waals surface area contributed by atoms with Gasteiger partial charge in [-0.2, -0.15) is 0 Å². The van der Waals surface area contributed by atoms with Gasteiger partial charge in [0.2, 0.25) is 0 Å². The molecule has 2 N–H and O–H groups in total. The fourth-order valence-electron chi connectivity index (χ4n) is 2.63. The topological polar surface area (TPSA) is 45.6 Å². The summed E-state index contributed by atoms with van der Waals surface area (Å²) >= 11 is 6.01. The molecule has 0 aromatic heterocycles.